The van der Waals surface area contributed by atoms with Crippen LogP contribution in [0.4, 0.5) is 0 Å². The Morgan fingerprint density at radius 1 is 1.46 bits per heavy atom. The van der Waals surface area contributed by atoms with Crippen molar-refractivity contribution in [2.75, 3.05) is 19.6 Å². The first kappa shape index (κ1) is 9.00. The molecular formula is C10H18N2O. The van der Waals surface area contributed by atoms with E-state index < -0.39 is 0 Å². The fraction of sp³-hybridized carbons (Fsp3) is 0.900. The zero-order chi connectivity index (χ0) is 9.26. The van der Waals surface area contributed by atoms with Crippen molar-refractivity contribution < 1.29 is 4.79 Å². The third-order valence-corrected chi connectivity index (χ3v) is 3.24. The van der Waals surface area contributed by atoms with Crippen LogP contribution in [0.15, 0.2) is 0 Å². The second kappa shape index (κ2) is 3.66. The van der Waals surface area contributed by atoms with Gasteiger partial charge in [-0.1, -0.05) is 6.42 Å². The molecule has 0 radical (unpaired) electrons. The number of nitrogens with one attached hydrogen (secondary N) is 1. The minimum absolute atomic E-state index is 0.362. The number of rotatable bonds is 1. The lowest BCUT2D eigenvalue weighted by molar-refractivity contribution is -0.141. The van der Waals surface area contributed by atoms with Gasteiger partial charge in [0.25, 0.3) is 0 Å². The van der Waals surface area contributed by atoms with Gasteiger partial charge >= 0.3 is 0 Å². The molecule has 0 spiro atoms. The third kappa shape index (κ3) is 1.70. The molecule has 1 saturated heterocycles. The van der Waals surface area contributed by atoms with E-state index in [9.17, 15) is 4.79 Å². The van der Waals surface area contributed by atoms with Gasteiger partial charge in [-0.15, -0.1) is 0 Å². The average molecular weight is 182 g/mol. The molecule has 1 amide bonds. The van der Waals surface area contributed by atoms with E-state index in [1.54, 1.807) is 0 Å². The van der Waals surface area contributed by atoms with Gasteiger partial charge in [0.05, 0.1) is 0 Å². The van der Waals surface area contributed by atoms with Crippen molar-refractivity contribution in [3.63, 3.8) is 0 Å². The molecule has 0 bridgehead atoms. The highest BCUT2D eigenvalue weighted by molar-refractivity contribution is 5.80. The van der Waals surface area contributed by atoms with E-state index >= 15 is 0 Å². The molecule has 0 aromatic heterocycles. The zero-order valence-corrected chi connectivity index (χ0v) is 8.25. The molecule has 3 nitrogen and oxygen atoms in total. The lowest BCUT2D eigenvalue weighted by Gasteiger charge is -2.38. The van der Waals surface area contributed by atoms with Gasteiger partial charge in [-0.25, -0.2) is 0 Å². The van der Waals surface area contributed by atoms with Crippen molar-refractivity contribution in [1.29, 1.82) is 0 Å². The van der Waals surface area contributed by atoms with Crippen LogP contribution in [0.25, 0.3) is 0 Å². The van der Waals surface area contributed by atoms with Crippen molar-refractivity contribution in [3.8, 4) is 0 Å². The number of hydrogen-bond acceptors (Lipinski definition) is 2. The Balaban J connectivity index is 1.93. The highest BCUT2D eigenvalue weighted by Gasteiger charge is 2.32. The maximum atomic E-state index is 11.9. The Morgan fingerprint density at radius 2 is 2.23 bits per heavy atom. The molecule has 1 N–H and O–H groups in total. The van der Waals surface area contributed by atoms with E-state index in [4.69, 9.17) is 0 Å². The summed E-state index contributed by atoms with van der Waals surface area (Å²) in [4.78, 5) is 13.9. The van der Waals surface area contributed by atoms with Crippen molar-refractivity contribution in [2.24, 2.45) is 5.92 Å². The van der Waals surface area contributed by atoms with E-state index in [0.29, 0.717) is 17.9 Å². The van der Waals surface area contributed by atoms with Crippen molar-refractivity contribution in [3.05, 3.63) is 0 Å². The summed E-state index contributed by atoms with van der Waals surface area (Å²) in [7, 11) is 0. The molecule has 2 fully saturated rings. The summed E-state index contributed by atoms with van der Waals surface area (Å²) in [6.07, 6.45) is 3.49. The Labute approximate surface area is 79.5 Å². The average Bonchev–Trinajstić information content (AvgIpc) is 2.01. The molecule has 2 rings (SSSR count). The van der Waals surface area contributed by atoms with Gasteiger partial charge in [0, 0.05) is 31.6 Å². The quantitative estimate of drug-likeness (QED) is 0.644. The number of carbonyl (C=O) groups excluding carboxylic acids is 1. The number of hydrogen-bond donors (Lipinski definition) is 1. The molecule has 3 heteroatoms. The lowest BCUT2D eigenvalue weighted by Crippen LogP contribution is -2.54. The molecule has 0 aromatic carbocycles. The SMILES string of the molecule is C[C@H]1CNCCN1C(=O)C1CCC1. The van der Waals surface area contributed by atoms with Crippen molar-refractivity contribution in [1.82, 2.24) is 10.2 Å². The van der Waals surface area contributed by atoms with E-state index in [-0.39, 0.29) is 0 Å². The van der Waals surface area contributed by atoms with Crippen LogP contribution in [-0.4, -0.2) is 36.5 Å². The van der Waals surface area contributed by atoms with Crippen LogP contribution < -0.4 is 5.32 Å². The van der Waals surface area contributed by atoms with Crippen LogP contribution in [0.3, 0.4) is 0 Å². The molecule has 1 atom stereocenters. The van der Waals surface area contributed by atoms with E-state index in [1.807, 2.05) is 0 Å². The molecule has 0 unspecified atom stereocenters. The summed E-state index contributed by atoms with van der Waals surface area (Å²) in [6.45, 7) is 4.94. The van der Waals surface area contributed by atoms with Crippen LogP contribution in [0.1, 0.15) is 26.2 Å². The standard InChI is InChI=1S/C10H18N2O/c1-8-7-11-5-6-12(8)10(13)9-3-2-4-9/h8-9,11H,2-7H2,1H3/t8-/m0/s1. The first-order valence-electron chi connectivity index (χ1n) is 5.30. The van der Waals surface area contributed by atoms with Crippen LogP contribution >= 0.6 is 0 Å². The summed E-state index contributed by atoms with van der Waals surface area (Å²) in [5.41, 5.74) is 0. The molecule has 74 valence electrons. The highest BCUT2D eigenvalue weighted by Crippen LogP contribution is 2.28. The summed E-state index contributed by atoms with van der Waals surface area (Å²) >= 11 is 0. The molecular weight excluding hydrogens is 164 g/mol. The maximum Gasteiger partial charge on any atom is 0.226 e. The van der Waals surface area contributed by atoms with Crippen LogP contribution in [0.2, 0.25) is 0 Å². The fourth-order valence-electron chi connectivity index (χ4n) is 2.06. The zero-order valence-electron chi connectivity index (χ0n) is 8.25. The maximum absolute atomic E-state index is 11.9. The Hall–Kier alpha value is -0.570. The number of carbonyl (C=O) groups is 1. The molecule has 1 saturated carbocycles. The molecule has 1 aliphatic heterocycles. The molecule has 2 aliphatic rings. The van der Waals surface area contributed by atoms with Crippen molar-refractivity contribution >= 4 is 5.91 Å². The Bertz CT molecular complexity index is 201. The monoisotopic (exact) mass is 182 g/mol. The normalized spacial score (nSPS) is 29.9. The summed E-state index contributed by atoms with van der Waals surface area (Å²) in [6, 6.07) is 0.391. The summed E-state index contributed by atoms with van der Waals surface area (Å²) in [5, 5.41) is 3.30. The Kier molecular flexibility index (Phi) is 2.54. The van der Waals surface area contributed by atoms with Crippen molar-refractivity contribution in [2.45, 2.75) is 32.2 Å². The van der Waals surface area contributed by atoms with Gasteiger partial charge in [-0.3, -0.25) is 4.79 Å². The summed E-state index contributed by atoms with van der Waals surface area (Å²) in [5.74, 6) is 0.765. The fourth-order valence-corrected chi connectivity index (χ4v) is 2.06. The van der Waals surface area contributed by atoms with E-state index in [2.05, 4.69) is 17.1 Å². The van der Waals surface area contributed by atoms with Gasteiger partial charge < -0.3 is 10.2 Å². The predicted octanol–water partition coefficient (Wildman–Crippen LogP) is 0.607. The number of piperazine rings is 1. The Morgan fingerprint density at radius 3 is 2.77 bits per heavy atom. The second-order valence-corrected chi connectivity index (χ2v) is 4.21. The van der Waals surface area contributed by atoms with Gasteiger partial charge in [0.15, 0.2) is 0 Å². The van der Waals surface area contributed by atoms with Gasteiger partial charge in [0.1, 0.15) is 0 Å². The first-order valence-corrected chi connectivity index (χ1v) is 5.30. The van der Waals surface area contributed by atoms with Crippen LogP contribution in [0.5, 0.6) is 0 Å². The van der Waals surface area contributed by atoms with Gasteiger partial charge in [-0.05, 0) is 19.8 Å². The number of nitrogens with zero attached hydrogens (tertiary/aromatic N) is 1. The minimum atomic E-state index is 0.362. The molecule has 1 aliphatic carbocycles. The van der Waals surface area contributed by atoms with Gasteiger partial charge in [0.2, 0.25) is 5.91 Å². The number of amides is 1. The topological polar surface area (TPSA) is 32.3 Å². The summed E-state index contributed by atoms with van der Waals surface area (Å²) < 4.78 is 0. The van der Waals surface area contributed by atoms with Crippen LogP contribution in [-0.2, 0) is 4.79 Å². The van der Waals surface area contributed by atoms with E-state index in [1.165, 1.54) is 6.42 Å². The van der Waals surface area contributed by atoms with Crippen LogP contribution in [0, 0.1) is 5.92 Å². The first-order chi connectivity index (χ1) is 6.29. The second-order valence-electron chi connectivity index (χ2n) is 4.21. The van der Waals surface area contributed by atoms with E-state index in [0.717, 1.165) is 32.5 Å². The van der Waals surface area contributed by atoms with Gasteiger partial charge in [-0.2, -0.15) is 0 Å². The minimum Gasteiger partial charge on any atom is -0.337 e. The molecule has 1 heterocycles. The molecule has 13 heavy (non-hydrogen) atoms. The smallest absolute Gasteiger partial charge is 0.226 e. The predicted molar refractivity (Wildman–Crippen MR) is 51.4 cm³/mol. The largest absolute Gasteiger partial charge is 0.337 e. The lowest BCUT2D eigenvalue weighted by atomic mass is 9.84. The third-order valence-electron chi connectivity index (χ3n) is 3.24. The molecule has 0 aromatic rings. The highest BCUT2D eigenvalue weighted by atomic mass is 16.2.